The first-order chi connectivity index (χ1) is 9.55. The molecule has 8 heteroatoms. The quantitative estimate of drug-likeness (QED) is 0.643. The Bertz CT molecular complexity index is 438. The van der Waals surface area contributed by atoms with Gasteiger partial charge >= 0.3 is 6.01 Å². The molecule has 1 rings (SSSR count). The number of hydrogen-bond acceptors (Lipinski definition) is 7. The molecule has 112 valence electrons. The van der Waals surface area contributed by atoms with Crippen LogP contribution in [0.5, 0.6) is 6.01 Å². The molecule has 0 unspecified atom stereocenters. The lowest BCUT2D eigenvalue weighted by atomic mass is 10.3. The van der Waals surface area contributed by atoms with Crippen molar-refractivity contribution in [3.05, 3.63) is 0 Å². The number of hydrogen-bond donors (Lipinski definition) is 3. The monoisotopic (exact) mass is 282 g/mol. The van der Waals surface area contributed by atoms with Crippen molar-refractivity contribution in [2.24, 2.45) is 0 Å². The summed E-state index contributed by atoms with van der Waals surface area (Å²) >= 11 is 0. The van der Waals surface area contributed by atoms with E-state index < -0.39 is 0 Å². The summed E-state index contributed by atoms with van der Waals surface area (Å²) in [5.74, 6) is 0.781. The van der Waals surface area contributed by atoms with Crippen molar-refractivity contribution in [1.82, 2.24) is 20.3 Å². The van der Waals surface area contributed by atoms with E-state index in [1.807, 2.05) is 20.8 Å². The van der Waals surface area contributed by atoms with Crippen LogP contribution in [-0.4, -0.2) is 47.1 Å². The smallest absolute Gasteiger partial charge is 0.323 e. The Hall–Kier alpha value is -2.12. The summed E-state index contributed by atoms with van der Waals surface area (Å²) < 4.78 is 5.25. The summed E-state index contributed by atoms with van der Waals surface area (Å²) in [6, 6.07) is 0.390. The van der Waals surface area contributed by atoms with Crippen molar-refractivity contribution in [2.75, 3.05) is 30.8 Å². The minimum Gasteiger partial charge on any atom is -0.464 e. The maximum atomic E-state index is 11.5. The van der Waals surface area contributed by atoms with Crippen LogP contribution in [0.1, 0.15) is 27.2 Å². The topological polar surface area (TPSA) is 101 Å². The number of ether oxygens (including phenoxy) is 1. The van der Waals surface area contributed by atoms with Crippen molar-refractivity contribution in [1.29, 1.82) is 0 Å². The van der Waals surface area contributed by atoms with E-state index in [0.29, 0.717) is 31.5 Å². The molecule has 0 bridgehead atoms. The first-order valence-corrected chi connectivity index (χ1v) is 6.65. The van der Waals surface area contributed by atoms with Gasteiger partial charge in [0.1, 0.15) is 0 Å². The molecule has 20 heavy (non-hydrogen) atoms. The summed E-state index contributed by atoms with van der Waals surface area (Å²) in [6.07, 6.45) is 0.350. The SMILES string of the molecule is CCOc1nc(NC)nc(NCCC(=O)NC(C)C)n1. The normalized spacial score (nSPS) is 10.2. The van der Waals surface area contributed by atoms with Gasteiger partial charge in [-0.05, 0) is 20.8 Å². The third-order valence-corrected chi connectivity index (χ3v) is 2.20. The van der Waals surface area contributed by atoms with E-state index in [1.54, 1.807) is 7.05 Å². The largest absolute Gasteiger partial charge is 0.464 e. The van der Waals surface area contributed by atoms with Crippen LogP contribution in [0, 0.1) is 0 Å². The number of carbonyl (C=O) groups is 1. The van der Waals surface area contributed by atoms with Crippen LogP contribution in [-0.2, 0) is 4.79 Å². The highest BCUT2D eigenvalue weighted by atomic mass is 16.5. The lowest BCUT2D eigenvalue weighted by Gasteiger charge is -2.10. The van der Waals surface area contributed by atoms with Crippen molar-refractivity contribution in [2.45, 2.75) is 33.2 Å². The predicted octanol–water partition coefficient (Wildman–Crippen LogP) is 0.639. The van der Waals surface area contributed by atoms with E-state index in [2.05, 4.69) is 30.9 Å². The van der Waals surface area contributed by atoms with Gasteiger partial charge in [-0.2, -0.15) is 15.0 Å². The van der Waals surface area contributed by atoms with Gasteiger partial charge < -0.3 is 20.7 Å². The molecule has 1 amide bonds. The molecule has 0 saturated carbocycles. The van der Waals surface area contributed by atoms with Crippen LogP contribution < -0.4 is 20.7 Å². The van der Waals surface area contributed by atoms with Crippen LogP contribution in [0.2, 0.25) is 0 Å². The van der Waals surface area contributed by atoms with Crippen molar-refractivity contribution < 1.29 is 9.53 Å². The molecule has 3 N–H and O–H groups in total. The van der Waals surface area contributed by atoms with E-state index in [-0.39, 0.29) is 18.0 Å². The molecular formula is C12H22N6O2. The molecule has 0 radical (unpaired) electrons. The molecule has 0 aliphatic heterocycles. The van der Waals surface area contributed by atoms with Crippen molar-refractivity contribution in [3.63, 3.8) is 0 Å². The molecule has 0 aromatic carbocycles. The van der Waals surface area contributed by atoms with E-state index in [4.69, 9.17) is 4.74 Å². The first kappa shape index (κ1) is 15.9. The Morgan fingerprint density at radius 1 is 1.25 bits per heavy atom. The van der Waals surface area contributed by atoms with Gasteiger partial charge in [0.2, 0.25) is 17.8 Å². The second-order valence-corrected chi connectivity index (χ2v) is 4.35. The van der Waals surface area contributed by atoms with Gasteiger partial charge in [0.15, 0.2) is 0 Å². The second-order valence-electron chi connectivity index (χ2n) is 4.35. The van der Waals surface area contributed by atoms with Gasteiger partial charge in [-0.25, -0.2) is 0 Å². The number of anilines is 2. The summed E-state index contributed by atoms with van der Waals surface area (Å²) in [5.41, 5.74) is 0. The Morgan fingerprint density at radius 3 is 2.55 bits per heavy atom. The van der Waals surface area contributed by atoms with E-state index >= 15 is 0 Å². The predicted molar refractivity (Wildman–Crippen MR) is 76.9 cm³/mol. The molecule has 0 aliphatic carbocycles. The van der Waals surface area contributed by atoms with Gasteiger partial charge in [0.25, 0.3) is 0 Å². The van der Waals surface area contributed by atoms with E-state index in [9.17, 15) is 4.79 Å². The number of nitrogens with one attached hydrogen (secondary N) is 3. The summed E-state index contributed by atoms with van der Waals surface area (Å²) in [5, 5.41) is 8.62. The maximum Gasteiger partial charge on any atom is 0.323 e. The minimum absolute atomic E-state index is 0.0135. The van der Waals surface area contributed by atoms with Crippen LogP contribution in [0.25, 0.3) is 0 Å². The molecule has 0 aliphatic rings. The molecule has 8 nitrogen and oxygen atoms in total. The molecular weight excluding hydrogens is 260 g/mol. The van der Waals surface area contributed by atoms with Crippen LogP contribution >= 0.6 is 0 Å². The zero-order chi connectivity index (χ0) is 15.0. The Morgan fingerprint density at radius 2 is 1.95 bits per heavy atom. The third-order valence-electron chi connectivity index (χ3n) is 2.20. The Balaban J connectivity index is 2.54. The molecule has 1 aromatic heterocycles. The zero-order valence-corrected chi connectivity index (χ0v) is 12.4. The fraction of sp³-hybridized carbons (Fsp3) is 0.667. The fourth-order valence-electron chi connectivity index (χ4n) is 1.42. The molecule has 0 spiro atoms. The molecule has 0 saturated heterocycles. The maximum absolute atomic E-state index is 11.5. The van der Waals surface area contributed by atoms with Gasteiger partial charge in [-0.1, -0.05) is 0 Å². The van der Waals surface area contributed by atoms with Gasteiger partial charge in [-0.3, -0.25) is 4.79 Å². The van der Waals surface area contributed by atoms with Gasteiger partial charge in [0, 0.05) is 26.1 Å². The number of nitrogens with zero attached hydrogens (tertiary/aromatic N) is 3. The van der Waals surface area contributed by atoms with Crippen LogP contribution in [0.4, 0.5) is 11.9 Å². The highest BCUT2D eigenvalue weighted by Crippen LogP contribution is 2.10. The lowest BCUT2D eigenvalue weighted by molar-refractivity contribution is -0.121. The fourth-order valence-corrected chi connectivity index (χ4v) is 1.42. The third kappa shape index (κ3) is 5.68. The number of aromatic nitrogens is 3. The standard InChI is InChI=1S/C12H22N6O2/c1-5-20-12-17-10(13-4)16-11(18-12)14-7-6-9(19)15-8(2)3/h8H,5-7H2,1-4H3,(H,15,19)(H2,13,14,16,17,18). The Labute approximate surface area is 118 Å². The van der Waals surface area contributed by atoms with Crippen LogP contribution in [0.3, 0.4) is 0 Å². The number of rotatable bonds is 8. The summed E-state index contributed by atoms with van der Waals surface area (Å²) in [7, 11) is 1.71. The minimum atomic E-state index is -0.0135. The molecule has 0 fully saturated rings. The highest BCUT2D eigenvalue weighted by Gasteiger charge is 2.07. The van der Waals surface area contributed by atoms with E-state index in [1.165, 1.54) is 0 Å². The average molecular weight is 282 g/mol. The van der Waals surface area contributed by atoms with Crippen molar-refractivity contribution >= 4 is 17.8 Å². The second kappa shape index (κ2) is 8.13. The lowest BCUT2D eigenvalue weighted by Crippen LogP contribution is -2.31. The summed E-state index contributed by atoms with van der Waals surface area (Å²) in [4.78, 5) is 23.8. The highest BCUT2D eigenvalue weighted by molar-refractivity contribution is 5.76. The molecule has 1 heterocycles. The van der Waals surface area contributed by atoms with Crippen LogP contribution in [0.15, 0.2) is 0 Å². The van der Waals surface area contributed by atoms with Crippen molar-refractivity contribution in [3.8, 4) is 6.01 Å². The van der Waals surface area contributed by atoms with Gasteiger partial charge in [-0.15, -0.1) is 0 Å². The first-order valence-electron chi connectivity index (χ1n) is 6.65. The van der Waals surface area contributed by atoms with Gasteiger partial charge in [0.05, 0.1) is 6.61 Å². The number of carbonyl (C=O) groups excluding carboxylic acids is 1. The average Bonchev–Trinajstić information content (AvgIpc) is 2.38. The van der Waals surface area contributed by atoms with E-state index in [0.717, 1.165) is 0 Å². The summed E-state index contributed by atoms with van der Waals surface area (Å²) in [6.45, 7) is 6.61. The molecule has 1 aromatic rings. The zero-order valence-electron chi connectivity index (χ0n) is 12.4. The Kier molecular flexibility index (Phi) is 6.48. The number of amides is 1. The molecule has 0 atom stereocenters.